The number of pyridine rings is 1. The van der Waals surface area contributed by atoms with Crippen LogP contribution in [0, 0.1) is 12.8 Å². The van der Waals surface area contributed by atoms with Crippen LogP contribution in [0.1, 0.15) is 49.8 Å². The fraction of sp³-hybridized carbons (Fsp3) is 0.667. The summed E-state index contributed by atoms with van der Waals surface area (Å²) in [4.78, 5) is 5.08. The normalized spacial score (nSPS) is 19.2. The lowest BCUT2D eigenvalue weighted by molar-refractivity contribution is 0.336. The van der Waals surface area contributed by atoms with E-state index in [9.17, 15) is 0 Å². The van der Waals surface area contributed by atoms with Crippen molar-refractivity contribution in [3.05, 3.63) is 29.6 Å². The van der Waals surface area contributed by atoms with E-state index in [0.717, 1.165) is 12.3 Å². The Morgan fingerprint density at radius 3 is 2.82 bits per heavy atom. The van der Waals surface area contributed by atoms with Crippen LogP contribution < -0.4 is 0 Å². The van der Waals surface area contributed by atoms with Crippen molar-refractivity contribution in [1.29, 1.82) is 0 Å². The third kappa shape index (κ3) is 4.09. The minimum absolute atomic E-state index is 0.596. The molecule has 0 spiro atoms. The van der Waals surface area contributed by atoms with Gasteiger partial charge in [-0.05, 0) is 30.9 Å². The molecule has 0 radical (unpaired) electrons. The fourth-order valence-electron chi connectivity index (χ4n) is 2.81. The van der Waals surface area contributed by atoms with E-state index in [-0.39, 0.29) is 0 Å². The number of alkyl halides is 1. The molecule has 1 heterocycles. The first-order valence-corrected chi connectivity index (χ1v) is 7.72. The number of rotatable bonds is 4. The van der Waals surface area contributed by atoms with Gasteiger partial charge in [0.2, 0.25) is 0 Å². The lowest BCUT2D eigenvalue weighted by atomic mass is 9.85. The summed E-state index contributed by atoms with van der Waals surface area (Å²) in [6.07, 6.45) is 11.5. The second kappa shape index (κ2) is 6.53. The summed E-state index contributed by atoms with van der Waals surface area (Å²) in [5, 5.41) is 0. The zero-order chi connectivity index (χ0) is 12.1. The largest absolute Gasteiger partial charge is 0.261 e. The van der Waals surface area contributed by atoms with Crippen LogP contribution in [0.5, 0.6) is 0 Å². The van der Waals surface area contributed by atoms with Gasteiger partial charge in [-0.15, -0.1) is 0 Å². The molecule has 94 valence electrons. The van der Waals surface area contributed by atoms with Crippen LogP contribution in [0.15, 0.2) is 18.3 Å². The maximum atomic E-state index is 4.48. The van der Waals surface area contributed by atoms with Crippen molar-refractivity contribution in [2.24, 2.45) is 5.92 Å². The number of aromatic nitrogens is 1. The van der Waals surface area contributed by atoms with Gasteiger partial charge in [-0.1, -0.05) is 54.1 Å². The minimum Gasteiger partial charge on any atom is -0.261 e. The van der Waals surface area contributed by atoms with Crippen LogP contribution in [0.25, 0.3) is 0 Å². The standard InChI is InChI=1S/C15H22BrN/c1-12-6-5-9-17-15(12)11-14(16)10-13-7-3-2-4-8-13/h5-6,9,13-14H,2-4,7-8,10-11H2,1H3. The van der Waals surface area contributed by atoms with Crippen molar-refractivity contribution in [1.82, 2.24) is 4.98 Å². The minimum atomic E-state index is 0.596. The highest BCUT2D eigenvalue weighted by Gasteiger charge is 2.18. The Kier molecular flexibility index (Phi) is 5.02. The molecule has 17 heavy (non-hydrogen) atoms. The van der Waals surface area contributed by atoms with Crippen LogP contribution in [0.4, 0.5) is 0 Å². The second-order valence-electron chi connectivity index (χ2n) is 5.31. The summed E-state index contributed by atoms with van der Waals surface area (Å²) in [5.74, 6) is 0.942. The van der Waals surface area contributed by atoms with E-state index in [2.05, 4.69) is 33.9 Å². The molecule has 1 fully saturated rings. The molecule has 1 unspecified atom stereocenters. The molecule has 0 amide bonds. The Labute approximate surface area is 113 Å². The van der Waals surface area contributed by atoms with E-state index in [0.29, 0.717) is 4.83 Å². The molecule has 0 aromatic carbocycles. The third-order valence-electron chi connectivity index (χ3n) is 3.85. The molecule has 2 heteroatoms. The average molecular weight is 296 g/mol. The first-order valence-electron chi connectivity index (χ1n) is 6.80. The van der Waals surface area contributed by atoms with E-state index in [4.69, 9.17) is 0 Å². The summed E-state index contributed by atoms with van der Waals surface area (Å²) in [6, 6.07) is 4.17. The second-order valence-corrected chi connectivity index (χ2v) is 6.60. The third-order valence-corrected chi connectivity index (χ3v) is 4.54. The molecule has 0 bridgehead atoms. The Balaban J connectivity index is 1.84. The Hall–Kier alpha value is -0.370. The fourth-order valence-corrected chi connectivity index (χ4v) is 3.65. The zero-order valence-electron chi connectivity index (χ0n) is 10.7. The molecule has 0 saturated heterocycles. The topological polar surface area (TPSA) is 12.9 Å². The Bertz CT molecular complexity index is 345. The lowest BCUT2D eigenvalue weighted by Crippen LogP contribution is -2.14. The predicted octanol–water partition coefficient (Wildman–Crippen LogP) is 4.67. The maximum Gasteiger partial charge on any atom is 0.0443 e. The smallest absolute Gasteiger partial charge is 0.0443 e. The van der Waals surface area contributed by atoms with Crippen molar-refractivity contribution < 1.29 is 0 Å². The van der Waals surface area contributed by atoms with Crippen molar-refractivity contribution in [3.63, 3.8) is 0 Å². The number of aryl methyl sites for hydroxylation is 1. The number of hydrogen-bond acceptors (Lipinski definition) is 1. The molecular weight excluding hydrogens is 274 g/mol. The Morgan fingerprint density at radius 2 is 2.12 bits per heavy atom. The summed E-state index contributed by atoms with van der Waals surface area (Å²) < 4.78 is 0. The van der Waals surface area contributed by atoms with Gasteiger partial charge < -0.3 is 0 Å². The summed E-state index contributed by atoms with van der Waals surface area (Å²) >= 11 is 3.84. The van der Waals surface area contributed by atoms with Crippen LogP contribution in [-0.4, -0.2) is 9.81 Å². The van der Waals surface area contributed by atoms with E-state index in [1.807, 2.05) is 12.3 Å². The van der Waals surface area contributed by atoms with Gasteiger partial charge in [0.1, 0.15) is 0 Å². The van der Waals surface area contributed by atoms with Gasteiger partial charge in [-0.3, -0.25) is 4.98 Å². The molecule has 1 aromatic rings. The number of hydrogen-bond donors (Lipinski definition) is 0. The first kappa shape index (κ1) is 13.1. The van der Waals surface area contributed by atoms with Crippen LogP contribution in [0.3, 0.4) is 0 Å². The van der Waals surface area contributed by atoms with E-state index >= 15 is 0 Å². The number of halogens is 1. The maximum absolute atomic E-state index is 4.48. The molecule has 1 saturated carbocycles. The Morgan fingerprint density at radius 1 is 1.35 bits per heavy atom. The molecule has 1 aromatic heterocycles. The SMILES string of the molecule is Cc1cccnc1CC(Br)CC1CCCCC1. The van der Waals surface area contributed by atoms with E-state index in [1.54, 1.807) is 0 Å². The van der Waals surface area contributed by atoms with Crippen molar-refractivity contribution >= 4 is 15.9 Å². The van der Waals surface area contributed by atoms with Crippen LogP contribution in [-0.2, 0) is 6.42 Å². The molecule has 2 rings (SSSR count). The van der Waals surface area contributed by atoms with Crippen LogP contribution in [0.2, 0.25) is 0 Å². The highest BCUT2D eigenvalue weighted by molar-refractivity contribution is 9.09. The molecule has 1 atom stereocenters. The van der Waals surface area contributed by atoms with E-state index in [1.165, 1.54) is 49.8 Å². The van der Waals surface area contributed by atoms with Crippen molar-refractivity contribution in [2.75, 3.05) is 0 Å². The molecule has 1 aliphatic rings. The monoisotopic (exact) mass is 295 g/mol. The van der Waals surface area contributed by atoms with Gasteiger partial charge in [-0.25, -0.2) is 0 Å². The van der Waals surface area contributed by atoms with Gasteiger partial charge in [0.05, 0.1) is 0 Å². The molecule has 1 aliphatic carbocycles. The van der Waals surface area contributed by atoms with Gasteiger partial charge >= 0.3 is 0 Å². The lowest BCUT2D eigenvalue weighted by Gasteiger charge is -2.23. The van der Waals surface area contributed by atoms with Crippen molar-refractivity contribution in [3.8, 4) is 0 Å². The van der Waals surface area contributed by atoms with Gasteiger partial charge in [-0.2, -0.15) is 0 Å². The zero-order valence-corrected chi connectivity index (χ0v) is 12.2. The highest BCUT2D eigenvalue weighted by Crippen LogP contribution is 2.30. The summed E-state index contributed by atoms with van der Waals surface area (Å²) in [7, 11) is 0. The van der Waals surface area contributed by atoms with Gasteiger partial charge in [0.25, 0.3) is 0 Å². The van der Waals surface area contributed by atoms with Crippen LogP contribution >= 0.6 is 15.9 Å². The first-order chi connectivity index (χ1) is 8.25. The van der Waals surface area contributed by atoms with Gasteiger partial charge in [0, 0.05) is 23.1 Å². The highest BCUT2D eigenvalue weighted by atomic mass is 79.9. The molecule has 1 nitrogen and oxygen atoms in total. The summed E-state index contributed by atoms with van der Waals surface area (Å²) in [6.45, 7) is 2.16. The summed E-state index contributed by atoms with van der Waals surface area (Å²) in [5.41, 5.74) is 2.57. The average Bonchev–Trinajstić information content (AvgIpc) is 2.33. The van der Waals surface area contributed by atoms with Gasteiger partial charge in [0.15, 0.2) is 0 Å². The molecule has 0 N–H and O–H groups in total. The molecular formula is C15H22BrN. The molecule has 0 aliphatic heterocycles. The quantitative estimate of drug-likeness (QED) is 0.736. The number of nitrogens with zero attached hydrogens (tertiary/aromatic N) is 1. The predicted molar refractivity (Wildman–Crippen MR) is 76.6 cm³/mol. The van der Waals surface area contributed by atoms with Crippen molar-refractivity contribution in [2.45, 2.75) is 56.7 Å². The van der Waals surface area contributed by atoms with E-state index < -0.39 is 0 Å².